The first kappa shape index (κ1) is 20.1. The summed E-state index contributed by atoms with van der Waals surface area (Å²) >= 11 is 7.30. The van der Waals surface area contributed by atoms with Gasteiger partial charge in [0.05, 0.1) is 5.75 Å². The Morgan fingerprint density at radius 3 is 2.57 bits per heavy atom. The summed E-state index contributed by atoms with van der Waals surface area (Å²) in [5.74, 6) is 0.734. The predicted octanol–water partition coefficient (Wildman–Crippen LogP) is 5.02. The lowest BCUT2D eigenvalue weighted by atomic mass is 10.2. The van der Waals surface area contributed by atoms with Gasteiger partial charge in [-0.15, -0.1) is 10.2 Å². The lowest BCUT2D eigenvalue weighted by Crippen LogP contribution is -2.14. The highest BCUT2D eigenvalue weighted by Crippen LogP contribution is 2.28. The van der Waals surface area contributed by atoms with Crippen LogP contribution in [-0.2, 0) is 4.79 Å². The third kappa shape index (κ3) is 4.69. The summed E-state index contributed by atoms with van der Waals surface area (Å²) in [6.07, 6.45) is 3.43. The molecule has 0 aliphatic rings. The minimum Gasteiger partial charge on any atom is -0.325 e. The first-order valence-corrected chi connectivity index (χ1v) is 10.6. The number of anilines is 1. The van der Waals surface area contributed by atoms with Crippen LogP contribution >= 0.6 is 23.4 Å². The maximum Gasteiger partial charge on any atom is 0.234 e. The van der Waals surface area contributed by atoms with Crippen molar-refractivity contribution in [2.45, 2.75) is 12.1 Å². The molecule has 2 aromatic carbocycles. The molecule has 2 heterocycles. The standard InChI is InChI=1S/C22H18ClN5OS/c1-15-5-7-19(8-6-15)28-21(16-9-11-24-12-10-16)26-27-22(28)30-14-20(29)25-18-4-2-3-17(23)13-18/h2-13H,14H2,1H3,(H,25,29). The van der Waals surface area contributed by atoms with Crippen LogP contribution in [0.2, 0.25) is 5.02 Å². The Kier molecular flexibility index (Phi) is 6.11. The highest BCUT2D eigenvalue weighted by molar-refractivity contribution is 7.99. The molecule has 4 aromatic rings. The second kappa shape index (κ2) is 9.11. The molecule has 0 atom stereocenters. The maximum atomic E-state index is 12.4. The van der Waals surface area contributed by atoms with Crippen molar-refractivity contribution in [1.82, 2.24) is 19.7 Å². The number of pyridine rings is 1. The third-order valence-corrected chi connectivity index (χ3v) is 5.47. The Morgan fingerprint density at radius 2 is 1.83 bits per heavy atom. The molecule has 0 saturated heterocycles. The van der Waals surface area contributed by atoms with Crippen molar-refractivity contribution >= 4 is 35.0 Å². The molecule has 0 saturated carbocycles. The van der Waals surface area contributed by atoms with Gasteiger partial charge in [0.25, 0.3) is 0 Å². The van der Waals surface area contributed by atoms with Gasteiger partial charge in [-0.3, -0.25) is 14.3 Å². The Labute approximate surface area is 183 Å². The van der Waals surface area contributed by atoms with Crippen molar-refractivity contribution in [1.29, 1.82) is 0 Å². The van der Waals surface area contributed by atoms with Crippen molar-refractivity contribution in [3.63, 3.8) is 0 Å². The molecule has 4 rings (SSSR count). The maximum absolute atomic E-state index is 12.4. The fourth-order valence-electron chi connectivity index (χ4n) is 2.87. The molecule has 0 aliphatic carbocycles. The molecule has 6 nitrogen and oxygen atoms in total. The highest BCUT2D eigenvalue weighted by atomic mass is 35.5. The fourth-order valence-corrected chi connectivity index (χ4v) is 3.81. The molecule has 150 valence electrons. The molecular weight excluding hydrogens is 418 g/mol. The largest absolute Gasteiger partial charge is 0.325 e. The van der Waals surface area contributed by atoms with Crippen molar-refractivity contribution in [3.8, 4) is 17.1 Å². The summed E-state index contributed by atoms with van der Waals surface area (Å²) in [7, 11) is 0. The van der Waals surface area contributed by atoms with E-state index in [2.05, 4.69) is 20.5 Å². The number of aryl methyl sites for hydroxylation is 1. The number of thioether (sulfide) groups is 1. The van der Waals surface area contributed by atoms with Gasteiger partial charge in [0.1, 0.15) is 0 Å². The van der Waals surface area contributed by atoms with E-state index in [1.54, 1.807) is 36.7 Å². The molecule has 1 N–H and O–H groups in total. The Morgan fingerprint density at radius 1 is 1.07 bits per heavy atom. The highest BCUT2D eigenvalue weighted by Gasteiger charge is 2.17. The average molecular weight is 436 g/mol. The zero-order chi connectivity index (χ0) is 20.9. The van der Waals surface area contributed by atoms with Gasteiger partial charge in [0, 0.05) is 34.4 Å². The van der Waals surface area contributed by atoms with Crippen LogP contribution in [0.4, 0.5) is 5.69 Å². The Bertz CT molecular complexity index is 1160. The number of carbonyl (C=O) groups excluding carboxylic acids is 1. The molecule has 30 heavy (non-hydrogen) atoms. The van der Waals surface area contributed by atoms with E-state index >= 15 is 0 Å². The van der Waals surface area contributed by atoms with Crippen LogP contribution in [0.5, 0.6) is 0 Å². The number of carbonyl (C=O) groups is 1. The van der Waals surface area contributed by atoms with Crippen molar-refractivity contribution < 1.29 is 4.79 Å². The molecule has 0 spiro atoms. The lowest BCUT2D eigenvalue weighted by Gasteiger charge is -2.11. The van der Waals surface area contributed by atoms with Crippen LogP contribution in [0.15, 0.2) is 78.2 Å². The molecule has 0 aliphatic heterocycles. The van der Waals surface area contributed by atoms with E-state index in [0.29, 0.717) is 21.7 Å². The zero-order valence-corrected chi connectivity index (χ0v) is 17.7. The minimum absolute atomic E-state index is 0.147. The first-order chi connectivity index (χ1) is 14.6. The summed E-state index contributed by atoms with van der Waals surface area (Å²) in [6.45, 7) is 2.04. The lowest BCUT2D eigenvalue weighted by molar-refractivity contribution is -0.113. The van der Waals surface area contributed by atoms with Crippen LogP contribution in [0.1, 0.15) is 5.56 Å². The summed E-state index contributed by atoms with van der Waals surface area (Å²) in [5, 5.41) is 12.8. The van der Waals surface area contributed by atoms with Gasteiger partial charge in [0.2, 0.25) is 5.91 Å². The van der Waals surface area contributed by atoms with Gasteiger partial charge in [-0.2, -0.15) is 0 Å². The molecule has 0 bridgehead atoms. The summed E-state index contributed by atoms with van der Waals surface area (Å²) < 4.78 is 1.95. The smallest absolute Gasteiger partial charge is 0.234 e. The van der Waals surface area contributed by atoms with Crippen molar-refractivity contribution in [3.05, 3.63) is 83.6 Å². The van der Waals surface area contributed by atoms with Crippen LogP contribution in [0.3, 0.4) is 0 Å². The van der Waals surface area contributed by atoms with Gasteiger partial charge in [-0.25, -0.2) is 0 Å². The minimum atomic E-state index is -0.147. The van der Waals surface area contributed by atoms with Crippen LogP contribution in [0, 0.1) is 6.92 Å². The number of halogens is 1. The Hall–Kier alpha value is -3.16. The molecular formula is C22H18ClN5OS. The quantitative estimate of drug-likeness (QED) is 0.430. The molecule has 8 heteroatoms. The van der Waals surface area contributed by atoms with Crippen molar-refractivity contribution in [2.24, 2.45) is 0 Å². The number of hydrogen-bond donors (Lipinski definition) is 1. The number of hydrogen-bond acceptors (Lipinski definition) is 5. The van der Waals surface area contributed by atoms with E-state index in [1.165, 1.54) is 11.8 Å². The van der Waals surface area contributed by atoms with E-state index in [-0.39, 0.29) is 11.7 Å². The second-order valence-corrected chi connectivity index (χ2v) is 7.94. The van der Waals surface area contributed by atoms with Crippen LogP contribution in [0.25, 0.3) is 17.1 Å². The predicted molar refractivity (Wildman–Crippen MR) is 120 cm³/mol. The summed E-state index contributed by atoms with van der Waals surface area (Å²) in [5.41, 5.74) is 3.64. The van der Waals surface area contributed by atoms with E-state index in [4.69, 9.17) is 11.6 Å². The van der Waals surface area contributed by atoms with Crippen LogP contribution in [-0.4, -0.2) is 31.4 Å². The number of aromatic nitrogens is 4. The number of amides is 1. The van der Waals surface area contributed by atoms with E-state index in [1.807, 2.05) is 47.9 Å². The second-order valence-electron chi connectivity index (χ2n) is 6.56. The SMILES string of the molecule is Cc1ccc(-n2c(SCC(=O)Nc3cccc(Cl)c3)nnc2-c2ccncc2)cc1. The van der Waals surface area contributed by atoms with Gasteiger partial charge in [0.15, 0.2) is 11.0 Å². The molecule has 1 amide bonds. The summed E-state index contributed by atoms with van der Waals surface area (Å²) in [6, 6.07) is 18.9. The third-order valence-electron chi connectivity index (χ3n) is 4.30. The number of benzene rings is 2. The molecule has 2 aromatic heterocycles. The number of nitrogens with one attached hydrogen (secondary N) is 1. The monoisotopic (exact) mass is 435 g/mol. The number of nitrogens with zero attached hydrogens (tertiary/aromatic N) is 4. The van der Waals surface area contributed by atoms with Gasteiger partial charge >= 0.3 is 0 Å². The van der Waals surface area contributed by atoms with E-state index in [9.17, 15) is 4.79 Å². The molecule has 0 unspecified atom stereocenters. The van der Waals surface area contributed by atoms with Gasteiger partial charge < -0.3 is 5.32 Å². The zero-order valence-electron chi connectivity index (χ0n) is 16.1. The first-order valence-electron chi connectivity index (χ1n) is 9.21. The van der Waals surface area contributed by atoms with E-state index < -0.39 is 0 Å². The topological polar surface area (TPSA) is 72.7 Å². The molecule has 0 radical (unpaired) electrons. The Balaban J connectivity index is 1.59. The fraction of sp³-hybridized carbons (Fsp3) is 0.0909. The van der Waals surface area contributed by atoms with E-state index in [0.717, 1.165) is 16.8 Å². The van der Waals surface area contributed by atoms with Crippen molar-refractivity contribution in [2.75, 3.05) is 11.1 Å². The van der Waals surface area contributed by atoms with Gasteiger partial charge in [-0.05, 0) is 49.4 Å². The normalized spacial score (nSPS) is 10.7. The molecule has 0 fully saturated rings. The summed E-state index contributed by atoms with van der Waals surface area (Å²) in [4.78, 5) is 16.5. The average Bonchev–Trinajstić information content (AvgIpc) is 3.17. The van der Waals surface area contributed by atoms with Crippen LogP contribution < -0.4 is 5.32 Å². The number of rotatable bonds is 6. The van der Waals surface area contributed by atoms with Gasteiger partial charge in [-0.1, -0.05) is 47.1 Å².